The second-order valence-corrected chi connectivity index (χ2v) is 5.60. The van der Waals surface area contributed by atoms with E-state index in [1.54, 1.807) is 23.2 Å². The number of aromatic nitrogens is 2. The first kappa shape index (κ1) is 14.6. The van der Waals surface area contributed by atoms with Gasteiger partial charge in [0.05, 0.1) is 6.54 Å². The number of nitrogens with one attached hydrogen (secondary N) is 1. The van der Waals surface area contributed by atoms with Gasteiger partial charge in [0.15, 0.2) is 0 Å². The summed E-state index contributed by atoms with van der Waals surface area (Å²) < 4.78 is 14.8. The number of halogens is 1. The summed E-state index contributed by atoms with van der Waals surface area (Å²) in [5.74, 6) is 0.869. The van der Waals surface area contributed by atoms with Crippen LogP contribution in [0.2, 0.25) is 0 Å². The molecule has 1 aliphatic rings. The van der Waals surface area contributed by atoms with Crippen molar-refractivity contribution in [3.05, 3.63) is 53.9 Å². The van der Waals surface area contributed by atoms with Crippen molar-refractivity contribution in [3.63, 3.8) is 0 Å². The van der Waals surface area contributed by atoms with Crippen LogP contribution in [0.5, 0.6) is 0 Å². The Kier molecular flexibility index (Phi) is 4.09. The SMILES string of the molecule is Cn1ccnc1CNC(=O)N1CC[C@H](c2ccc(F)cc2)C1. The molecule has 1 aliphatic heterocycles. The molecule has 22 heavy (non-hydrogen) atoms. The van der Waals surface area contributed by atoms with Crippen LogP contribution in [-0.2, 0) is 13.6 Å². The van der Waals surface area contributed by atoms with Gasteiger partial charge in [0.1, 0.15) is 11.6 Å². The van der Waals surface area contributed by atoms with Crippen LogP contribution in [0.25, 0.3) is 0 Å². The molecule has 2 aromatic rings. The van der Waals surface area contributed by atoms with Crippen LogP contribution in [0, 0.1) is 5.82 Å². The first-order valence-electron chi connectivity index (χ1n) is 7.38. The summed E-state index contributed by atoms with van der Waals surface area (Å²) >= 11 is 0. The fourth-order valence-corrected chi connectivity index (χ4v) is 2.79. The van der Waals surface area contributed by atoms with Gasteiger partial charge < -0.3 is 14.8 Å². The van der Waals surface area contributed by atoms with Gasteiger partial charge in [-0.2, -0.15) is 0 Å². The molecule has 1 aromatic heterocycles. The predicted molar refractivity (Wildman–Crippen MR) is 80.8 cm³/mol. The summed E-state index contributed by atoms with van der Waals surface area (Å²) in [5, 5.41) is 2.89. The van der Waals surface area contributed by atoms with Crippen LogP contribution in [0.15, 0.2) is 36.7 Å². The van der Waals surface area contributed by atoms with Crippen molar-refractivity contribution < 1.29 is 9.18 Å². The smallest absolute Gasteiger partial charge is 0.317 e. The van der Waals surface area contributed by atoms with Gasteiger partial charge in [-0.25, -0.2) is 14.2 Å². The topological polar surface area (TPSA) is 50.2 Å². The Balaban J connectivity index is 1.54. The van der Waals surface area contributed by atoms with Crippen molar-refractivity contribution in [2.45, 2.75) is 18.9 Å². The number of hydrogen-bond donors (Lipinski definition) is 1. The molecule has 2 amide bonds. The minimum atomic E-state index is -0.230. The zero-order chi connectivity index (χ0) is 15.5. The van der Waals surface area contributed by atoms with Crippen molar-refractivity contribution in [1.82, 2.24) is 19.8 Å². The van der Waals surface area contributed by atoms with Gasteiger partial charge in [0.25, 0.3) is 0 Å². The molecule has 0 saturated carbocycles. The summed E-state index contributed by atoms with van der Waals surface area (Å²) in [7, 11) is 1.90. The number of imidazole rings is 1. The lowest BCUT2D eigenvalue weighted by atomic mass is 9.99. The van der Waals surface area contributed by atoms with Gasteiger partial charge in [-0.15, -0.1) is 0 Å². The Labute approximate surface area is 128 Å². The minimum Gasteiger partial charge on any atom is -0.337 e. The molecule has 6 heteroatoms. The Bertz CT molecular complexity index is 652. The van der Waals surface area contributed by atoms with E-state index >= 15 is 0 Å². The van der Waals surface area contributed by atoms with Crippen LogP contribution in [-0.4, -0.2) is 33.6 Å². The van der Waals surface area contributed by atoms with Crippen LogP contribution in [0.3, 0.4) is 0 Å². The van der Waals surface area contributed by atoms with Gasteiger partial charge in [-0.1, -0.05) is 12.1 Å². The lowest BCUT2D eigenvalue weighted by molar-refractivity contribution is 0.207. The molecule has 0 aliphatic carbocycles. The maximum Gasteiger partial charge on any atom is 0.317 e. The van der Waals surface area contributed by atoms with E-state index in [9.17, 15) is 9.18 Å². The normalized spacial score (nSPS) is 17.7. The largest absolute Gasteiger partial charge is 0.337 e. The molecular weight excluding hydrogens is 283 g/mol. The van der Waals surface area contributed by atoms with Crippen molar-refractivity contribution in [2.24, 2.45) is 7.05 Å². The van der Waals surface area contributed by atoms with Crippen molar-refractivity contribution in [1.29, 1.82) is 0 Å². The second kappa shape index (κ2) is 6.17. The van der Waals surface area contributed by atoms with E-state index in [4.69, 9.17) is 0 Å². The maximum atomic E-state index is 13.0. The van der Waals surface area contributed by atoms with E-state index in [1.807, 2.05) is 17.8 Å². The zero-order valence-corrected chi connectivity index (χ0v) is 12.5. The quantitative estimate of drug-likeness (QED) is 0.945. The van der Waals surface area contributed by atoms with Gasteiger partial charge in [0.2, 0.25) is 0 Å². The summed E-state index contributed by atoms with van der Waals surface area (Å²) in [4.78, 5) is 18.2. The van der Waals surface area contributed by atoms with Crippen molar-refractivity contribution in [3.8, 4) is 0 Å². The molecule has 1 aromatic carbocycles. The molecule has 0 radical (unpaired) electrons. The molecule has 1 atom stereocenters. The molecule has 116 valence electrons. The van der Waals surface area contributed by atoms with Crippen LogP contribution < -0.4 is 5.32 Å². The zero-order valence-electron chi connectivity index (χ0n) is 12.5. The van der Waals surface area contributed by atoms with Gasteiger partial charge in [-0.05, 0) is 24.1 Å². The fraction of sp³-hybridized carbons (Fsp3) is 0.375. The molecule has 1 saturated heterocycles. The van der Waals surface area contributed by atoms with Crippen LogP contribution in [0.4, 0.5) is 9.18 Å². The highest BCUT2D eigenvalue weighted by Gasteiger charge is 2.27. The minimum absolute atomic E-state index is 0.0763. The highest BCUT2D eigenvalue weighted by Crippen LogP contribution is 2.27. The number of amides is 2. The van der Waals surface area contributed by atoms with E-state index in [0.29, 0.717) is 19.6 Å². The second-order valence-electron chi connectivity index (χ2n) is 5.60. The molecule has 0 bridgehead atoms. The summed E-state index contributed by atoms with van der Waals surface area (Å²) in [5.41, 5.74) is 1.08. The molecule has 2 heterocycles. The average Bonchev–Trinajstić information content (AvgIpc) is 3.15. The number of hydrogen-bond acceptors (Lipinski definition) is 2. The van der Waals surface area contributed by atoms with Crippen LogP contribution in [0.1, 0.15) is 23.7 Å². The highest BCUT2D eigenvalue weighted by atomic mass is 19.1. The van der Waals surface area contributed by atoms with E-state index < -0.39 is 0 Å². The number of likely N-dealkylation sites (tertiary alicyclic amines) is 1. The van der Waals surface area contributed by atoms with Crippen molar-refractivity contribution in [2.75, 3.05) is 13.1 Å². The number of benzene rings is 1. The van der Waals surface area contributed by atoms with E-state index in [2.05, 4.69) is 10.3 Å². The molecular formula is C16H19FN4O. The van der Waals surface area contributed by atoms with Crippen molar-refractivity contribution >= 4 is 6.03 Å². The molecule has 5 nitrogen and oxygen atoms in total. The summed E-state index contributed by atoms with van der Waals surface area (Å²) in [6.45, 7) is 1.80. The highest BCUT2D eigenvalue weighted by molar-refractivity contribution is 5.74. The lowest BCUT2D eigenvalue weighted by Crippen LogP contribution is -2.38. The van der Waals surface area contributed by atoms with Crippen LogP contribution >= 0.6 is 0 Å². The van der Waals surface area contributed by atoms with E-state index in [1.165, 1.54) is 12.1 Å². The fourth-order valence-electron chi connectivity index (χ4n) is 2.79. The number of urea groups is 1. The Morgan fingerprint density at radius 3 is 2.86 bits per heavy atom. The standard InChI is InChI=1S/C16H19FN4O/c1-20-9-7-18-15(20)10-19-16(22)21-8-6-13(11-21)12-2-4-14(17)5-3-12/h2-5,7,9,13H,6,8,10-11H2,1H3,(H,19,22)/t13-/m0/s1. The molecule has 0 spiro atoms. The van der Waals surface area contributed by atoms with E-state index in [-0.39, 0.29) is 17.8 Å². The lowest BCUT2D eigenvalue weighted by Gasteiger charge is -2.17. The first-order chi connectivity index (χ1) is 10.6. The summed E-state index contributed by atoms with van der Waals surface area (Å²) in [6, 6.07) is 6.47. The summed E-state index contributed by atoms with van der Waals surface area (Å²) in [6.07, 6.45) is 4.46. The third-order valence-corrected chi connectivity index (χ3v) is 4.14. The van der Waals surface area contributed by atoms with E-state index in [0.717, 1.165) is 17.8 Å². The third-order valence-electron chi connectivity index (χ3n) is 4.14. The molecule has 3 rings (SSSR count). The Morgan fingerprint density at radius 1 is 1.41 bits per heavy atom. The monoisotopic (exact) mass is 302 g/mol. The third kappa shape index (κ3) is 3.10. The number of carbonyl (C=O) groups is 1. The number of aryl methyl sites for hydroxylation is 1. The number of carbonyl (C=O) groups excluding carboxylic acids is 1. The molecule has 1 N–H and O–H groups in total. The Morgan fingerprint density at radius 2 is 2.18 bits per heavy atom. The van der Waals surface area contributed by atoms with Gasteiger partial charge in [-0.3, -0.25) is 0 Å². The number of rotatable bonds is 3. The maximum absolute atomic E-state index is 13.0. The first-order valence-corrected chi connectivity index (χ1v) is 7.38. The predicted octanol–water partition coefficient (Wildman–Crippen LogP) is 2.26. The Hall–Kier alpha value is -2.37. The number of nitrogens with zero attached hydrogens (tertiary/aromatic N) is 3. The van der Waals surface area contributed by atoms with Gasteiger partial charge >= 0.3 is 6.03 Å². The van der Waals surface area contributed by atoms with Gasteiger partial charge in [0, 0.05) is 38.4 Å². The molecule has 1 fully saturated rings. The average molecular weight is 302 g/mol. The molecule has 0 unspecified atom stereocenters.